The summed E-state index contributed by atoms with van der Waals surface area (Å²) in [5.74, 6) is 0. The van der Waals surface area contributed by atoms with Crippen molar-refractivity contribution in [1.29, 1.82) is 0 Å². The van der Waals surface area contributed by atoms with E-state index in [4.69, 9.17) is 0 Å². The van der Waals surface area contributed by atoms with Gasteiger partial charge in [0.2, 0.25) is 0 Å². The molecule has 1 aromatic heterocycles. The smallest absolute Gasteiger partial charge is 0.0945 e. The second-order valence-corrected chi connectivity index (χ2v) is 4.82. The largest absolute Gasteiger partial charge is 0.337 e. The van der Waals surface area contributed by atoms with E-state index in [9.17, 15) is 0 Å². The molecule has 0 unspecified atom stereocenters. The highest BCUT2D eigenvalue weighted by Crippen LogP contribution is 1.98. The van der Waals surface area contributed by atoms with Crippen molar-refractivity contribution in [3.05, 3.63) is 18.2 Å². The second-order valence-electron chi connectivity index (χ2n) is 4.82. The molecule has 1 aliphatic heterocycles. The van der Waals surface area contributed by atoms with Gasteiger partial charge in [0.15, 0.2) is 0 Å². The van der Waals surface area contributed by atoms with Crippen LogP contribution in [0.5, 0.6) is 0 Å². The molecule has 0 atom stereocenters. The molecule has 0 spiro atoms. The monoisotopic (exact) mass is 237 g/mol. The second kappa shape index (κ2) is 6.14. The zero-order valence-electron chi connectivity index (χ0n) is 10.9. The number of hydrogen-bond acceptors (Lipinski definition) is 4. The number of aryl methyl sites for hydroxylation is 1. The molecule has 96 valence electrons. The van der Waals surface area contributed by atoms with Gasteiger partial charge in [0.05, 0.1) is 12.0 Å². The number of piperazine rings is 1. The van der Waals surface area contributed by atoms with E-state index in [0.29, 0.717) is 0 Å². The van der Waals surface area contributed by atoms with Crippen LogP contribution in [0.1, 0.15) is 5.69 Å². The molecule has 1 aromatic rings. The number of nitrogens with zero attached hydrogens (tertiary/aromatic N) is 4. The van der Waals surface area contributed by atoms with Crippen molar-refractivity contribution < 1.29 is 0 Å². The molecule has 5 nitrogen and oxygen atoms in total. The Kier molecular flexibility index (Phi) is 4.53. The van der Waals surface area contributed by atoms with Gasteiger partial charge in [-0.3, -0.25) is 4.90 Å². The fourth-order valence-electron chi connectivity index (χ4n) is 2.08. The molecule has 5 heteroatoms. The van der Waals surface area contributed by atoms with Crippen LogP contribution < -0.4 is 5.32 Å². The lowest BCUT2D eigenvalue weighted by Gasteiger charge is -2.32. The van der Waals surface area contributed by atoms with Crippen molar-refractivity contribution in [2.24, 2.45) is 7.05 Å². The van der Waals surface area contributed by atoms with E-state index in [2.05, 4.69) is 31.7 Å². The van der Waals surface area contributed by atoms with Crippen LogP contribution in [-0.4, -0.2) is 65.7 Å². The van der Waals surface area contributed by atoms with Gasteiger partial charge in [-0.05, 0) is 7.05 Å². The average molecular weight is 237 g/mol. The van der Waals surface area contributed by atoms with Crippen molar-refractivity contribution in [1.82, 2.24) is 24.7 Å². The molecular weight excluding hydrogens is 214 g/mol. The number of rotatable bonds is 5. The standard InChI is InChI=1S/C12H23N5/c1-15-5-7-17(8-6-15)4-3-13-9-12-10-14-11-16(12)2/h10-11,13H,3-9H2,1-2H3. The van der Waals surface area contributed by atoms with E-state index >= 15 is 0 Å². The van der Waals surface area contributed by atoms with Gasteiger partial charge in [-0.15, -0.1) is 0 Å². The third-order valence-corrected chi connectivity index (χ3v) is 3.42. The van der Waals surface area contributed by atoms with Crippen LogP contribution in [0.25, 0.3) is 0 Å². The van der Waals surface area contributed by atoms with Crippen LogP contribution in [0.4, 0.5) is 0 Å². The van der Waals surface area contributed by atoms with Gasteiger partial charge in [0.25, 0.3) is 0 Å². The lowest BCUT2D eigenvalue weighted by molar-refractivity contribution is 0.154. The van der Waals surface area contributed by atoms with Gasteiger partial charge in [0, 0.05) is 59.1 Å². The molecular formula is C12H23N5. The summed E-state index contributed by atoms with van der Waals surface area (Å²) in [5, 5.41) is 3.47. The summed E-state index contributed by atoms with van der Waals surface area (Å²) in [6, 6.07) is 0. The fourth-order valence-corrected chi connectivity index (χ4v) is 2.08. The fraction of sp³-hybridized carbons (Fsp3) is 0.750. The van der Waals surface area contributed by atoms with E-state index in [1.807, 2.05) is 19.6 Å². The number of hydrogen-bond donors (Lipinski definition) is 1. The molecule has 0 aliphatic carbocycles. The minimum absolute atomic E-state index is 0.907. The molecule has 0 radical (unpaired) electrons. The molecule has 1 aliphatic rings. The van der Waals surface area contributed by atoms with Crippen LogP contribution in [0.3, 0.4) is 0 Å². The van der Waals surface area contributed by atoms with E-state index in [1.54, 1.807) is 0 Å². The quantitative estimate of drug-likeness (QED) is 0.717. The summed E-state index contributed by atoms with van der Waals surface area (Å²) in [6.45, 7) is 7.89. The topological polar surface area (TPSA) is 36.3 Å². The molecule has 17 heavy (non-hydrogen) atoms. The van der Waals surface area contributed by atoms with Crippen LogP contribution in [0, 0.1) is 0 Å². The van der Waals surface area contributed by atoms with Crippen molar-refractivity contribution in [2.45, 2.75) is 6.54 Å². The summed E-state index contributed by atoms with van der Waals surface area (Å²) in [6.07, 6.45) is 3.76. The molecule has 2 heterocycles. The highest BCUT2D eigenvalue weighted by Gasteiger charge is 2.12. The minimum Gasteiger partial charge on any atom is -0.337 e. The first-order valence-electron chi connectivity index (χ1n) is 6.32. The Morgan fingerprint density at radius 1 is 1.24 bits per heavy atom. The number of aromatic nitrogens is 2. The SMILES string of the molecule is CN1CCN(CCNCc2cncn2C)CC1. The number of imidazole rings is 1. The van der Waals surface area contributed by atoms with Crippen LogP contribution in [-0.2, 0) is 13.6 Å². The predicted octanol–water partition coefficient (Wildman–Crippen LogP) is -0.243. The third-order valence-electron chi connectivity index (χ3n) is 3.42. The molecule has 2 rings (SSSR count). The molecule has 0 amide bonds. The summed E-state index contributed by atoms with van der Waals surface area (Å²) >= 11 is 0. The zero-order valence-corrected chi connectivity index (χ0v) is 10.9. The molecule has 1 saturated heterocycles. The highest BCUT2D eigenvalue weighted by atomic mass is 15.2. The first kappa shape index (κ1) is 12.5. The predicted molar refractivity (Wildman–Crippen MR) is 68.9 cm³/mol. The molecule has 0 saturated carbocycles. The van der Waals surface area contributed by atoms with Crippen LogP contribution in [0.2, 0.25) is 0 Å². The van der Waals surface area contributed by atoms with E-state index in [0.717, 1.165) is 19.6 Å². The maximum atomic E-state index is 4.11. The van der Waals surface area contributed by atoms with Crippen molar-refractivity contribution >= 4 is 0 Å². The van der Waals surface area contributed by atoms with Gasteiger partial charge < -0.3 is 14.8 Å². The number of likely N-dealkylation sites (N-methyl/N-ethyl adjacent to an activating group) is 1. The van der Waals surface area contributed by atoms with Crippen LogP contribution in [0.15, 0.2) is 12.5 Å². The number of nitrogens with one attached hydrogen (secondary N) is 1. The van der Waals surface area contributed by atoms with Gasteiger partial charge in [-0.25, -0.2) is 4.98 Å². The lowest BCUT2D eigenvalue weighted by Crippen LogP contribution is -2.46. The minimum atomic E-state index is 0.907. The van der Waals surface area contributed by atoms with Crippen molar-refractivity contribution in [3.63, 3.8) is 0 Å². The summed E-state index contributed by atoms with van der Waals surface area (Å²) in [4.78, 5) is 9.02. The Labute approximate surface area is 103 Å². The summed E-state index contributed by atoms with van der Waals surface area (Å²) in [5.41, 5.74) is 1.24. The van der Waals surface area contributed by atoms with Crippen LogP contribution >= 0.6 is 0 Å². The Morgan fingerprint density at radius 2 is 2.00 bits per heavy atom. The highest BCUT2D eigenvalue weighted by molar-refractivity contribution is 4.96. The van der Waals surface area contributed by atoms with E-state index < -0.39 is 0 Å². The van der Waals surface area contributed by atoms with Crippen molar-refractivity contribution in [2.75, 3.05) is 46.3 Å². The van der Waals surface area contributed by atoms with E-state index in [1.165, 1.54) is 31.9 Å². The maximum Gasteiger partial charge on any atom is 0.0945 e. The zero-order chi connectivity index (χ0) is 12.1. The molecule has 1 fully saturated rings. The first-order valence-corrected chi connectivity index (χ1v) is 6.32. The molecule has 0 aromatic carbocycles. The van der Waals surface area contributed by atoms with Gasteiger partial charge in [-0.1, -0.05) is 0 Å². The molecule has 0 bridgehead atoms. The van der Waals surface area contributed by atoms with Gasteiger partial charge >= 0.3 is 0 Å². The Hall–Kier alpha value is -0.910. The Bertz CT molecular complexity index is 327. The third kappa shape index (κ3) is 3.80. The van der Waals surface area contributed by atoms with Gasteiger partial charge in [-0.2, -0.15) is 0 Å². The van der Waals surface area contributed by atoms with Crippen molar-refractivity contribution in [3.8, 4) is 0 Å². The van der Waals surface area contributed by atoms with E-state index in [-0.39, 0.29) is 0 Å². The first-order chi connectivity index (χ1) is 8.25. The Morgan fingerprint density at radius 3 is 2.65 bits per heavy atom. The normalized spacial score (nSPS) is 18.7. The van der Waals surface area contributed by atoms with Gasteiger partial charge in [0.1, 0.15) is 0 Å². The maximum absolute atomic E-state index is 4.11. The summed E-state index contributed by atoms with van der Waals surface area (Å²) in [7, 11) is 4.22. The summed E-state index contributed by atoms with van der Waals surface area (Å²) < 4.78 is 2.06. The Balaban J connectivity index is 1.59. The lowest BCUT2D eigenvalue weighted by atomic mass is 10.3. The average Bonchev–Trinajstić information content (AvgIpc) is 2.73. The molecule has 1 N–H and O–H groups in total.